The summed E-state index contributed by atoms with van der Waals surface area (Å²) in [5, 5.41) is 0. The summed E-state index contributed by atoms with van der Waals surface area (Å²) in [5.74, 6) is 0.105. The van der Waals surface area contributed by atoms with Crippen LogP contribution in [0.25, 0.3) is 0 Å². The minimum absolute atomic E-state index is 0.156. The quantitative estimate of drug-likeness (QED) is 0.537. The van der Waals surface area contributed by atoms with Crippen molar-refractivity contribution >= 4 is 11.6 Å². The molecule has 2 unspecified atom stereocenters. The second-order valence-electron chi connectivity index (χ2n) is 3.25. The molecule has 0 aromatic heterocycles. The molecule has 2 heteroatoms. The van der Waals surface area contributed by atoms with E-state index in [4.69, 9.17) is 0 Å². The summed E-state index contributed by atoms with van der Waals surface area (Å²) < 4.78 is 0. The lowest BCUT2D eigenvalue weighted by molar-refractivity contribution is -0.134. The second kappa shape index (κ2) is 2.70. The average Bonchev–Trinajstić information content (AvgIpc) is 2.12. The molecule has 62 valence electrons. The average molecular weight is 162 g/mol. The van der Waals surface area contributed by atoms with Gasteiger partial charge < -0.3 is 0 Å². The molecule has 1 saturated carbocycles. The molecular formula is C10H10O2. The van der Waals surface area contributed by atoms with Gasteiger partial charge in [-0.15, -0.1) is 0 Å². The van der Waals surface area contributed by atoms with E-state index in [1.165, 1.54) is 0 Å². The summed E-state index contributed by atoms with van der Waals surface area (Å²) in [6.45, 7) is 0. The van der Waals surface area contributed by atoms with Crippen molar-refractivity contribution in [2.45, 2.75) is 12.8 Å². The minimum Gasteiger partial charge on any atom is -0.299 e. The van der Waals surface area contributed by atoms with E-state index in [1.54, 1.807) is 0 Å². The highest BCUT2D eigenvalue weighted by molar-refractivity contribution is 5.98. The Morgan fingerprint density at radius 2 is 1.33 bits per heavy atom. The Labute approximate surface area is 71.0 Å². The van der Waals surface area contributed by atoms with Gasteiger partial charge in [0, 0.05) is 24.7 Å². The highest BCUT2D eigenvalue weighted by Gasteiger charge is 2.34. The smallest absolute Gasteiger partial charge is 0.141 e. The molecule has 2 aliphatic carbocycles. The zero-order valence-corrected chi connectivity index (χ0v) is 6.69. The fourth-order valence-electron chi connectivity index (χ4n) is 1.80. The summed E-state index contributed by atoms with van der Waals surface area (Å²) in [5.41, 5.74) is 0. The normalized spacial score (nSPS) is 33.7. The van der Waals surface area contributed by atoms with Crippen LogP contribution in [0.4, 0.5) is 0 Å². The zero-order chi connectivity index (χ0) is 8.55. The van der Waals surface area contributed by atoms with Crippen LogP contribution in [-0.4, -0.2) is 11.6 Å². The lowest BCUT2D eigenvalue weighted by atomic mass is 9.75. The van der Waals surface area contributed by atoms with Gasteiger partial charge in [-0.1, -0.05) is 24.3 Å². The molecule has 2 rings (SSSR count). The molecule has 2 atom stereocenters. The fraction of sp³-hybridized carbons (Fsp3) is 0.400. The summed E-state index contributed by atoms with van der Waals surface area (Å²) >= 11 is 0. The number of allylic oxidation sites excluding steroid dienone is 4. The van der Waals surface area contributed by atoms with Gasteiger partial charge in [0.05, 0.1) is 0 Å². The predicted octanol–water partition coefficient (Wildman–Crippen LogP) is 1.28. The molecule has 0 heterocycles. The number of carbonyl (C=O) groups excluding carboxylic acids is 2. The number of Topliss-reactive ketones (excluding diaryl/α,β-unsaturated/α-hetero) is 2. The first-order chi connectivity index (χ1) is 5.79. The number of rotatable bonds is 0. The van der Waals surface area contributed by atoms with Gasteiger partial charge in [0.2, 0.25) is 0 Å². The van der Waals surface area contributed by atoms with E-state index in [0.29, 0.717) is 12.8 Å². The van der Waals surface area contributed by atoms with Crippen LogP contribution in [0.1, 0.15) is 12.8 Å². The molecule has 0 aromatic rings. The number of fused-ring (bicyclic) bond motifs is 1. The Hall–Kier alpha value is -1.18. The Bertz CT molecular complexity index is 256. The molecular weight excluding hydrogens is 152 g/mol. The zero-order valence-electron chi connectivity index (χ0n) is 6.69. The standard InChI is InChI=1S/C10H10O2/c11-9-5-6-10(12)8-4-2-1-3-7(8)9/h1-4,7-8H,5-6H2. The third-order valence-corrected chi connectivity index (χ3v) is 2.50. The monoisotopic (exact) mass is 162 g/mol. The molecule has 0 radical (unpaired) electrons. The van der Waals surface area contributed by atoms with E-state index in [1.807, 2.05) is 24.3 Å². The van der Waals surface area contributed by atoms with Crippen LogP contribution in [0, 0.1) is 11.8 Å². The summed E-state index contributed by atoms with van der Waals surface area (Å²) in [7, 11) is 0. The maximum atomic E-state index is 11.3. The summed E-state index contributed by atoms with van der Waals surface area (Å²) in [6, 6.07) is 0. The van der Waals surface area contributed by atoms with E-state index in [9.17, 15) is 9.59 Å². The Kier molecular flexibility index (Phi) is 1.68. The van der Waals surface area contributed by atoms with E-state index < -0.39 is 0 Å². The molecule has 0 aromatic carbocycles. The van der Waals surface area contributed by atoms with Crippen molar-refractivity contribution in [2.24, 2.45) is 11.8 Å². The Balaban J connectivity index is 2.30. The van der Waals surface area contributed by atoms with E-state index in [-0.39, 0.29) is 23.4 Å². The van der Waals surface area contributed by atoms with Gasteiger partial charge in [-0.2, -0.15) is 0 Å². The molecule has 2 aliphatic rings. The highest BCUT2D eigenvalue weighted by Crippen LogP contribution is 2.28. The topological polar surface area (TPSA) is 34.1 Å². The molecule has 0 aliphatic heterocycles. The van der Waals surface area contributed by atoms with Crippen LogP contribution in [0.5, 0.6) is 0 Å². The van der Waals surface area contributed by atoms with E-state index >= 15 is 0 Å². The molecule has 1 fully saturated rings. The van der Waals surface area contributed by atoms with Crippen molar-refractivity contribution in [1.29, 1.82) is 0 Å². The van der Waals surface area contributed by atoms with Crippen LogP contribution in [0.2, 0.25) is 0 Å². The third kappa shape index (κ3) is 1.04. The number of hydrogen-bond donors (Lipinski definition) is 0. The van der Waals surface area contributed by atoms with Crippen molar-refractivity contribution in [3.63, 3.8) is 0 Å². The van der Waals surface area contributed by atoms with Crippen LogP contribution in [-0.2, 0) is 9.59 Å². The molecule has 2 nitrogen and oxygen atoms in total. The first kappa shape index (κ1) is 7.47. The summed E-state index contributed by atoms with van der Waals surface area (Å²) in [4.78, 5) is 22.7. The van der Waals surface area contributed by atoms with Gasteiger partial charge in [0.25, 0.3) is 0 Å². The van der Waals surface area contributed by atoms with Crippen molar-refractivity contribution in [2.75, 3.05) is 0 Å². The van der Waals surface area contributed by atoms with Gasteiger partial charge >= 0.3 is 0 Å². The highest BCUT2D eigenvalue weighted by atomic mass is 16.1. The van der Waals surface area contributed by atoms with Gasteiger partial charge in [0.15, 0.2) is 0 Å². The molecule has 0 N–H and O–H groups in total. The van der Waals surface area contributed by atoms with Gasteiger partial charge in [-0.25, -0.2) is 0 Å². The van der Waals surface area contributed by atoms with Crippen LogP contribution < -0.4 is 0 Å². The van der Waals surface area contributed by atoms with E-state index in [2.05, 4.69) is 0 Å². The van der Waals surface area contributed by atoms with Crippen LogP contribution in [0.15, 0.2) is 24.3 Å². The van der Waals surface area contributed by atoms with Crippen molar-refractivity contribution in [3.8, 4) is 0 Å². The number of ketones is 2. The van der Waals surface area contributed by atoms with Gasteiger partial charge in [0.1, 0.15) is 11.6 Å². The molecule has 0 saturated heterocycles. The lowest BCUT2D eigenvalue weighted by Gasteiger charge is -2.25. The van der Waals surface area contributed by atoms with Gasteiger partial charge in [-0.05, 0) is 0 Å². The predicted molar refractivity (Wildman–Crippen MR) is 44.5 cm³/mol. The maximum Gasteiger partial charge on any atom is 0.141 e. The maximum absolute atomic E-state index is 11.3. The lowest BCUT2D eigenvalue weighted by Crippen LogP contribution is -2.33. The third-order valence-electron chi connectivity index (χ3n) is 2.50. The molecule has 12 heavy (non-hydrogen) atoms. The minimum atomic E-state index is -0.156. The molecule has 0 spiro atoms. The van der Waals surface area contributed by atoms with E-state index in [0.717, 1.165) is 0 Å². The SMILES string of the molecule is O=C1CCC(=O)C2C=CC=CC12. The Morgan fingerprint density at radius 3 is 1.75 bits per heavy atom. The molecule has 0 bridgehead atoms. The van der Waals surface area contributed by atoms with Crippen LogP contribution in [0.3, 0.4) is 0 Å². The second-order valence-corrected chi connectivity index (χ2v) is 3.25. The fourth-order valence-corrected chi connectivity index (χ4v) is 1.80. The van der Waals surface area contributed by atoms with Crippen LogP contribution >= 0.6 is 0 Å². The van der Waals surface area contributed by atoms with Crippen molar-refractivity contribution in [3.05, 3.63) is 24.3 Å². The number of carbonyl (C=O) groups is 2. The first-order valence-corrected chi connectivity index (χ1v) is 4.19. The Morgan fingerprint density at radius 1 is 0.917 bits per heavy atom. The molecule has 0 amide bonds. The largest absolute Gasteiger partial charge is 0.299 e. The van der Waals surface area contributed by atoms with Crippen molar-refractivity contribution in [1.82, 2.24) is 0 Å². The van der Waals surface area contributed by atoms with Crippen molar-refractivity contribution < 1.29 is 9.59 Å². The first-order valence-electron chi connectivity index (χ1n) is 4.19. The number of hydrogen-bond acceptors (Lipinski definition) is 2. The van der Waals surface area contributed by atoms with Gasteiger partial charge in [-0.3, -0.25) is 9.59 Å². The summed E-state index contributed by atoms with van der Waals surface area (Å²) in [6.07, 6.45) is 8.22.